The first-order valence-electron chi connectivity index (χ1n) is 6.77. The van der Waals surface area contributed by atoms with Crippen molar-refractivity contribution < 1.29 is 16.5 Å². The Labute approximate surface area is 164 Å². The van der Waals surface area contributed by atoms with E-state index in [9.17, 15) is 0 Å². The van der Waals surface area contributed by atoms with Crippen molar-refractivity contribution in [1.29, 1.82) is 0 Å². The number of hydrogen-bond donors (Lipinski definition) is 0. The Hall–Kier alpha value is -1.55. The van der Waals surface area contributed by atoms with E-state index in [1.807, 2.05) is 60.9 Å². The molecule has 0 amide bonds. The van der Waals surface area contributed by atoms with Crippen LogP contribution in [0.4, 0.5) is 0 Å². The van der Waals surface area contributed by atoms with Crippen molar-refractivity contribution in [3.8, 4) is 0 Å². The monoisotopic (exact) mass is 555 g/mol. The molecule has 0 saturated heterocycles. The molecular weight excluding hydrogens is 538 g/mol. The van der Waals surface area contributed by atoms with Crippen LogP contribution in [0.15, 0.2) is 85.2 Å². The van der Waals surface area contributed by atoms with Crippen molar-refractivity contribution in [3.05, 3.63) is 97.5 Å². The van der Waals surface area contributed by atoms with E-state index in [1.54, 1.807) is 0 Å². The minimum Gasteiger partial charge on any atom is -0.693 e. The van der Waals surface area contributed by atoms with E-state index in [0.717, 1.165) is 11.0 Å². The molecule has 0 aliphatic rings. The maximum Gasteiger partial charge on any atom is 0.0701 e. The molecule has 0 aliphatic carbocycles. The van der Waals surface area contributed by atoms with Crippen LogP contribution in [0, 0.1) is 0 Å². The summed E-state index contributed by atoms with van der Waals surface area (Å²) in [5, 5.41) is 2.40. The number of nitrogens with zero attached hydrogens (tertiary/aromatic N) is 2. The molecule has 0 atom stereocenters. The molecule has 4 aromatic rings. The molecule has 134 valence electrons. The minimum atomic E-state index is -0.472. The Morgan fingerprint density at radius 3 is 1.24 bits per heavy atom. The molecule has 2 heterocycles. The largest absolute Gasteiger partial charge is 0.693 e. The van der Waals surface area contributed by atoms with Crippen LogP contribution < -0.4 is 0 Å². The maximum atomic E-state index is 4.88. The van der Waals surface area contributed by atoms with Gasteiger partial charge in [-0.3, -0.25) is 9.97 Å². The Morgan fingerprint density at radius 1 is 0.560 bits per heavy atom. The number of benzene rings is 2. The number of hydrogen-bond acceptors (Lipinski definition) is 2. The summed E-state index contributed by atoms with van der Waals surface area (Å²) in [6.07, 6.45) is 3.62. The molecule has 4 rings (SSSR count). The van der Waals surface area contributed by atoms with Gasteiger partial charge in [0.05, 0.1) is 11.0 Å². The van der Waals surface area contributed by atoms with Gasteiger partial charge < -0.3 is 12.3 Å². The van der Waals surface area contributed by atoms with Gasteiger partial charge in [-0.05, 0) is 24.3 Å². The van der Waals surface area contributed by atoms with Crippen LogP contribution >= 0.6 is 18.8 Å². The van der Waals surface area contributed by atoms with Gasteiger partial charge in [-0.25, -0.2) is 0 Å². The van der Waals surface area contributed by atoms with Crippen LogP contribution in [0.2, 0.25) is 0 Å². The average molecular weight is 556 g/mol. The summed E-state index contributed by atoms with van der Waals surface area (Å²) < 4.78 is 0. The summed E-state index contributed by atoms with van der Waals surface area (Å²) in [6, 6.07) is 24.2. The molecule has 0 saturated carbocycles. The second-order valence-corrected chi connectivity index (χ2v) is 7.72. The van der Waals surface area contributed by atoms with Gasteiger partial charge in [0.2, 0.25) is 0 Å². The molecule has 0 fully saturated rings. The molecule has 0 bridgehead atoms. The number of halogens is 2. The fourth-order valence-electron chi connectivity index (χ4n) is 2.03. The third kappa shape index (κ3) is 7.91. The van der Waals surface area contributed by atoms with Gasteiger partial charge in [0.1, 0.15) is 0 Å². The molecule has 0 aliphatic heterocycles. The molecule has 4 N–H and O–H groups in total. The molecule has 7 heteroatoms. The van der Waals surface area contributed by atoms with Crippen LogP contribution in [0.25, 0.3) is 34.1 Å². The van der Waals surface area contributed by atoms with Crippen molar-refractivity contribution >= 4 is 40.6 Å². The fourth-order valence-corrected chi connectivity index (χ4v) is 2.03. The van der Waals surface area contributed by atoms with Crippen LogP contribution in [0.5, 0.6) is 0 Å². The van der Waals surface area contributed by atoms with Crippen LogP contribution in [0.3, 0.4) is 0 Å². The van der Waals surface area contributed by atoms with Gasteiger partial charge in [-0.1, -0.05) is 48.5 Å². The number of fused-ring (bicyclic) bond motifs is 2. The number of pyridine rings is 2. The standard InChI is InChI=1S/2C9H7N.2ClH.2H2N.Pt/c2*1-2-6-9-8(4-1)5-3-7-10-9;;;;;/h2*1-7H;2*1H;2*1H2;/q;;;;2*-1;+4/p-2. The van der Waals surface area contributed by atoms with Gasteiger partial charge in [-0.2, -0.15) is 0 Å². The van der Waals surface area contributed by atoms with Crippen LogP contribution in [-0.4, -0.2) is 9.97 Å². The summed E-state index contributed by atoms with van der Waals surface area (Å²) >= 11 is -0.472. The van der Waals surface area contributed by atoms with Gasteiger partial charge in [-0.15, -0.1) is 0 Å². The first-order valence-corrected chi connectivity index (χ1v) is 12.4. The topological polar surface area (TPSA) is 92.8 Å². The maximum absolute atomic E-state index is 4.88. The molecule has 0 spiro atoms. The van der Waals surface area contributed by atoms with Gasteiger partial charge >= 0.3 is 35.3 Å². The van der Waals surface area contributed by atoms with E-state index >= 15 is 0 Å². The van der Waals surface area contributed by atoms with Crippen molar-refractivity contribution in [1.82, 2.24) is 9.97 Å². The number of aromatic nitrogens is 2. The third-order valence-corrected chi connectivity index (χ3v) is 3.02. The summed E-state index contributed by atoms with van der Waals surface area (Å²) in [5.74, 6) is 0. The molecule has 0 radical (unpaired) electrons. The predicted molar refractivity (Wildman–Crippen MR) is 106 cm³/mol. The summed E-state index contributed by atoms with van der Waals surface area (Å²) in [5.41, 5.74) is 2.12. The Bertz CT molecular complexity index is 660. The van der Waals surface area contributed by atoms with E-state index in [-0.39, 0.29) is 12.3 Å². The van der Waals surface area contributed by atoms with Crippen LogP contribution in [-0.2, 0) is 16.5 Å². The second-order valence-electron chi connectivity index (χ2n) is 4.44. The minimum absolute atomic E-state index is 0. The van der Waals surface area contributed by atoms with Crippen molar-refractivity contribution in [3.63, 3.8) is 0 Å². The number of para-hydroxylation sites is 2. The van der Waals surface area contributed by atoms with Crippen molar-refractivity contribution in [2.45, 2.75) is 0 Å². The number of nitrogens with two attached hydrogens (primary N) is 2. The number of rotatable bonds is 0. The first kappa shape index (κ1) is 23.4. The van der Waals surface area contributed by atoms with E-state index < -0.39 is 16.5 Å². The summed E-state index contributed by atoms with van der Waals surface area (Å²) in [7, 11) is 9.75. The average Bonchev–Trinajstić information content (AvgIpc) is 2.63. The first-order chi connectivity index (χ1) is 11.3. The third-order valence-electron chi connectivity index (χ3n) is 3.02. The van der Waals surface area contributed by atoms with E-state index in [2.05, 4.69) is 34.2 Å². The van der Waals surface area contributed by atoms with E-state index in [0.29, 0.717) is 0 Å². The van der Waals surface area contributed by atoms with Crippen molar-refractivity contribution in [2.75, 3.05) is 0 Å². The molecule has 4 nitrogen and oxygen atoms in total. The summed E-state index contributed by atoms with van der Waals surface area (Å²) in [4.78, 5) is 8.36. The Kier molecular flexibility index (Phi) is 12.9. The normalized spacial score (nSPS) is 8.88. The molecule has 0 unspecified atom stereocenters. The Balaban J connectivity index is 0.000000374. The zero-order valence-electron chi connectivity index (χ0n) is 13.2. The zero-order chi connectivity index (χ0) is 16.3. The van der Waals surface area contributed by atoms with Gasteiger partial charge in [0.25, 0.3) is 0 Å². The summed E-state index contributed by atoms with van der Waals surface area (Å²) in [6.45, 7) is 0. The van der Waals surface area contributed by atoms with E-state index in [1.165, 1.54) is 10.8 Å². The second kappa shape index (κ2) is 13.7. The zero-order valence-corrected chi connectivity index (χ0v) is 17.0. The van der Waals surface area contributed by atoms with E-state index in [4.69, 9.17) is 18.8 Å². The fraction of sp³-hybridized carbons (Fsp3) is 0. The van der Waals surface area contributed by atoms with Gasteiger partial charge in [0.15, 0.2) is 0 Å². The van der Waals surface area contributed by atoms with Crippen LogP contribution in [0.1, 0.15) is 0 Å². The Morgan fingerprint density at radius 2 is 0.880 bits per heavy atom. The molecule has 2 aromatic carbocycles. The molecule has 25 heavy (non-hydrogen) atoms. The van der Waals surface area contributed by atoms with Crippen molar-refractivity contribution in [2.24, 2.45) is 0 Å². The predicted octanol–water partition coefficient (Wildman–Crippen LogP) is 7.28. The molecular formula is C18H18Cl2N4Pt. The quantitative estimate of drug-likeness (QED) is 0.228. The smallest absolute Gasteiger partial charge is 0.0701 e. The molecule has 2 aromatic heterocycles. The van der Waals surface area contributed by atoms with Gasteiger partial charge in [0, 0.05) is 23.2 Å². The SMILES string of the molecule is [Cl][Pt+2][Cl].[NH2-].[NH2-].c1ccc2ncccc2c1.c1ccc2ncccc2c1.